The number of fused-ring (bicyclic) bond motifs is 1. The van der Waals surface area contributed by atoms with Gasteiger partial charge in [-0.3, -0.25) is 0 Å². The fourth-order valence-corrected chi connectivity index (χ4v) is 5.33. The van der Waals surface area contributed by atoms with Crippen LogP contribution in [0.5, 0.6) is 5.75 Å². The molecule has 2 N–H and O–H groups in total. The highest BCUT2D eigenvalue weighted by atomic mass is 35.5. The van der Waals surface area contributed by atoms with E-state index in [1.165, 1.54) is 5.56 Å². The second-order valence-corrected chi connectivity index (χ2v) is 10.5. The van der Waals surface area contributed by atoms with Crippen LogP contribution in [-0.4, -0.2) is 9.72 Å². The quantitative estimate of drug-likeness (QED) is 0.202. The van der Waals surface area contributed by atoms with E-state index in [-0.39, 0.29) is 18.7 Å². The van der Waals surface area contributed by atoms with E-state index in [1.54, 1.807) is 12.1 Å². The van der Waals surface area contributed by atoms with E-state index >= 15 is 0 Å². The van der Waals surface area contributed by atoms with E-state index in [0.717, 1.165) is 40.1 Å². The Hall–Kier alpha value is -3.85. The maximum Gasteiger partial charge on any atom is 0.166 e. The van der Waals surface area contributed by atoms with Gasteiger partial charge in [-0.05, 0) is 47.5 Å². The van der Waals surface area contributed by atoms with Gasteiger partial charge < -0.3 is 13.8 Å². The second-order valence-electron chi connectivity index (χ2n) is 9.69. The number of rotatable bonds is 8. The first kappa shape index (κ1) is 25.4. The Labute approximate surface area is 235 Å². The molecule has 198 valence electrons. The highest BCUT2D eigenvalue weighted by Crippen LogP contribution is 2.39. The number of hydrogen-bond donors (Lipinski definition) is 2. The molecule has 1 aliphatic heterocycles. The minimum absolute atomic E-state index is 0.118. The summed E-state index contributed by atoms with van der Waals surface area (Å²) in [7, 11) is 0. The van der Waals surface area contributed by atoms with Crippen LogP contribution in [0.25, 0.3) is 22.2 Å². The SMILES string of the molecule is CC(C)c1onc(-c2c(Cl)cccc2Cl)c1COc1ccc2c(ccn2Cc2ccc(C3N=NNN3)cc2)c1. The topological polar surface area (TPSA) is 89.0 Å². The molecule has 0 fully saturated rings. The molecule has 1 atom stereocenters. The van der Waals surface area contributed by atoms with Crippen LogP contribution >= 0.6 is 23.2 Å². The van der Waals surface area contributed by atoms with Crippen LogP contribution in [0.4, 0.5) is 0 Å². The Bertz CT molecular complexity index is 1640. The third-order valence-electron chi connectivity index (χ3n) is 6.74. The molecule has 1 aliphatic rings. The standard InChI is InChI=1S/C29H26Cl2N6O2/c1-17(2)28-22(27(34-39-28)26-23(30)4-3-5-24(26)31)16-38-21-10-11-25-20(14-21)12-13-37(25)15-18-6-8-19(9-7-18)29-32-35-36-33-29/h3-14,17,29H,15-16H2,1-2H3,(H,32,36)(H,33,35). The van der Waals surface area contributed by atoms with Gasteiger partial charge in [-0.2, -0.15) is 5.43 Å². The lowest BCUT2D eigenvalue weighted by molar-refractivity contribution is 0.299. The molecule has 6 rings (SSSR count). The van der Waals surface area contributed by atoms with Crippen LogP contribution in [0.15, 0.2) is 87.8 Å². The fraction of sp³-hybridized carbons (Fsp3) is 0.207. The number of nitrogens with one attached hydrogen (secondary N) is 2. The summed E-state index contributed by atoms with van der Waals surface area (Å²) in [6, 6.07) is 22.0. The molecule has 39 heavy (non-hydrogen) atoms. The Morgan fingerprint density at radius 2 is 1.82 bits per heavy atom. The van der Waals surface area contributed by atoms with Crippen molar-refractivity contribution in [3.63, 3.8) is 0 Å². The zero-order valence-electron chi connectivity index (χ0n) is 21.4. The highest BCUT2D eigenvalue weighted by Gasteiger charge is 2.24. The minimum Gasteiger partial charge on any atom is -0.489 e. The monoisotopic (exact) mass is 560 g/mol. The first-order chi connectivity index (χ1) is 19.0. The Morgan fingerprint density at radius 3 is 2.54 bits per heavy atom. The number of hydrazine groups is 1. The van der Waals surface area contributed by atoms with Crippen molar-refractivity contribution in [3.8, 4) is 17.0 Å². The summed E-state index contributed by atoms with van der Waals surface area (Å²) in [5, 5.41) is 14.3. The third-order valence-corrected chi connectivity index (χ3v) is 7.37. The first-order valence-electron chi connectivity index (χ1n) is 12.6. The van der Waals surface area contributed by atoms with Crippen molar-refractivity contribution in [2.45, 2.75) is 39.1 Å². The van der Waals surface area contributed by atoms with E-state index in [0.29, 0.717) is 21.3 Å². The van der Waals surface area contributed by atoms with Gasteiger partial charge in [0.25, 0.3) is 0 Å². The van der Waals surface area contributed by atoms with E-state index in [1.807, 2.05) is 18.2 Å². The predicted octanol–water partition coefficient (Wildman–Crippen LogP) is 7.83. The van der Waals surface area contributed by atoms with Gasteiger partial charge in [0.05, 0.1) is 15.6 Å². The Morgan fingerprint density at radius 1 is 1.03 bits per heavy atom. The zero-order chi connectivity index (χ0) is 26.9. The lowest BCUT2D eigenvalue weighted by atomic mass is 10.0. The first-order valence-corrected chi connectivity index (χ1v) is 13.4. The molecule has 1 unspecified atom stereocenters. The largest absolute Gasteiger partial charge is 0.489 e. The van der Waals surface area contributed by atoms with Crippen LogP contribution in [0, 0.1) is 0 Å². The van der Waals surface area contributed by atoms with Gasteiger partial charge in [0.15, 0.2) is 6.17 Å². The zero-order valence-corrected chi connectivity index (χ0v) is 22.9. The van der Waals surface area contributed by atoms with Crippen LogP contribution < -0.4 is 15.7 Å². The molecule has 0 spiro atoms. The summed E-state index contributed by atoms with van der Waals surface area (Å²) >= 11 is 13.0. The van der Waals surface area contributed by atoms with Crippen molar-refractivity contribution in [1.29, 1.82) is 0 Å². The summed E-state index contributed by atoms with van der Waals surface area (Å²) < 4.78 is 14.2. The minimum atomic E-state index is -0.155. The van der Waals surface area contributed by atoms with Gasteiger partial charge >= 0.3 is 0 Å². The maximum atomic E-state index is 6.48. The van der Waals surface area contributed by atoms with E-state index in [9.17, 15) is 0 Å². The van der Waals surface area contributed by atoms with E-state index in [2.05, 4.69) is 87.5 Å². The molecule has 8 nitrogen and oxygen atoms in total. The van der Waals surface area contributed by atoms with E-state index in [4.69, 9.17) is 32.5 Å². The van der Waals surface area contributed by atoms with Crippen molar-refractivity contribution in [1.82, 2.24) is 20.7 Å². The Kier molecular flexibility index (Phi) is 6.99. The molecule has 10 heteroatoms. The predicted molar refractivity (Wildman–Crippen MR) is 152 cm³/mol. The summed E-state index contributed by atoms with van der Waals surface area (Å²) in [6.07, 6.45) is 1.94. The van der Waals surface area contributed by atoms with E-state index < -0.39 is 0 Å². The molecule has 0 saturated heterocycles. The number of hydrogen-bond acceptors (Lipinski definition) is 7. The van der Waals surface area contributed by atoms with Gasteiger partial charge in [0.1, 0.15) is 23.8 Å². The average Bonchev–Trinajstić information content (AvgIpc) is 3.69. The smallest absolute Gasteiger partial charge is 0.166 e. The molecule has 3 aromatic carbocycles. The lowest BCUT2D eigenvalue weighted by Crippen LogP contribution is -2.23. The van der Waals surface area contributed by atoms with Gasteiger partial charge in [-0.25, -0.2) is 5.53 Å². The second kappa shape index (κ2) is 10.7. The molecule has 0 bridgehead atoms. The fourth-order valence-electron chi connectivity index (χ4n) is 4.75. The summed E-state index contributed by atoms with van der Waals surface area (Å²) in [6.45, 7) is 5.14. The Balaban J connectivity index is 1.21. The summed E-state index contributed by atoms with van der Waals surface area (Å²) in [4.78, 5) is 0. The normalized spacial score (nSPS) is 14.8. The van der Waals surface area contributed by atoms with Crippen LogP contribution in [0.3, 0.4) is 0 Å². The summed E-state index contributed by atoms with van der Waals surface area (Å²) in [5.41, 5.74) is 11.1. The number of halogens is 2. The lowest BCUT2D eigenvalue weighted by Gasteiger charge is -2.11. The van der Waals surface area contributed by atoms with Crippen LogP contribution in [0.2, 0.25) is 10.0 Å². The third kappa shape index (κ3) is 5.11. The molecule has 0 amide bonds. The highest BCUT2D eigenvalue weighted by molar-refractivity contribution is 6.39. The van der Waals surface area contributed by atoms with Crippen molar-refractivity contribution in [2.75, 3.05) is 0 Å². The number of benzene rings is 3. The average molecular weight is 561 g/mol. The molecule has 2 aromatic heterocycles. The molecule has 0 saturated carbocycles. The number of nitrogens with zero attached hydrogens (tertiary/aromatic N) is 4. The molecular weight excluding hydrogens is 535 g/mol. The van der Waals surface area contributed by atoms with Crippen molar-refractivity contribution in [3.05, 3.63) is 105 Å². The number of aromatic nitrogens is 2. The number of ether oxygens (including phenoxy) is 1. The van der Waals surface area contributed by atoms with Gasteiger partial charge in [0.2, 0.25) is 0 Å². The van der Waals surface area contributed by atoms with Gasteiger partial charge in [0, 0.05) is 35.1 Å². The van der Waals surface area contributed by atoms with Crippen LogP contribution in [0.1, 0.15) is 48.4 Å². The molecule has 0 radical (unpaired) electrons. The van der Waals surface area contributed by atoms with Gasteiger partial charge in [-0.1, -0.05) is 77.8 Å². The molecule has 0 aliphatic carbocycles. The molecule has 5 aromatic rings. The van der Waals surface area contributed by atoms with Gasteiger partial charge in [-0.15, -0.1) is 5.11 Å². The molecule has 3 heterocycles. The van der Waals surface area contributed by atoms with Crippen LogP contribution in [-0.2, 0) is 13.2 Å². The maximum absolute atomic E-state index is 6.48. The van der Waals surface area contributed by atoms with Crippen molar-refractivity contribution in [2.24, 2.45) is 10.3 Å². The van der Waals surface area contributed by atoms with Crippen molar-refractivity contribution >= 4 is 34.1 Å². The summed E-state index contributed by atoms with van der Waals surface area (Å²) in [5.74, 6) is 1.62. The molecular formula is C29H26Cl2N6O2. The van der Waals surface area contributed by atoms with Crippen molar-refractivity contribution < 1.29 is 9.26 Å².